The normalized spacial score (nSPS) is 20.0. The SMILES string of the molecule is Cc1cncc(CN2CCC(n3cc(Br)cn3)C2)n1. The zero-order chi connectivity index (χ0) is 13.2. The van der Waals surface area contributed by atoms with E-state index in [9.17, 15) is 0 Å². The van der Waals surface area contributed by atoms with Gasteiger partial charge in [0.1, 0.15) is 0 Å². The predicted molar refractivity (Wildman–Crippen MR) is 75.6 cm³/mol. The lowest BCUT2D eigenvalue weighted by molar-refractivity contribution is 0.307. The highest BCUT2D eigenvalue weighted by molar-refractivity contribution is 9.10. The minimum atomic E-state index is 0.462. The van der Waals surface area contributed by atoms with Crippen LogP contribution >= 0.6 is 15.9 Å². The Morgan fingerprint density at radius 1 is 1.37 bits per heavy atom. The van der Waals surface area contributed by atoms with Gasteiger partial charge in [-0.3, -0.25) is 19.5 Å². The van der Waals surface area contributed by atoms with Crippen LogP contribution in [-0.4, -0.2) is 37.7 Å². The minimum Gasteiger partial charge on any atom is -0.295 e. The van der Waals surface area contributed by atoms with Gasteiger partial charge in [0.15, 0.2) is 0 Å². The van der Waals surface area contributed by atoms with Gasteiger partial charge in [0, 0.05) is 38.2 Å². The van der Waals surface area contributed by atoms with Gasteiger partial charge < -0.3 is 0 Å². The summed E-state index contributed by atoms with van der Waals surface area (Å²) in [6.45, 7) is 4.94. The second-order valence-electron chi connectivity index (χ2n) is 4.97. The Morgan fingerprint density at radius 3 is 3.00 bits per heavy atom. The summed E-state index contributed by atoms with van der Waals surface area (Å²) in [4.78, 5) is 11.1. The maximum Gasteiger partial charge on any atom is 0.0730 e. The molecule has 1 fully saturated rings. The molecule has 0 aromatic carbocycles. The molecule has 2 aromatic heterocycles. The van der Waals surface area contributed by atoms with Crippen LogP contribution in [0, 0.1) is 6.92 Å². The number of halogens is 1. The molecule has 5 nitrogen and oxygen atoms in total. The fraction of sp³-hybridized carbons (Fsp3) is 0.462. The minimum absolute atomic E-state index is 0.462. The number of nitrogens with zero attached hydrogens (tertiary/aromatic N) is 5. The molecular formula is C13H16BrN5. The molecule has 0 saturated carbocycles. The largest absolute Gasteiger partial charge is 0.295 e. The molecule has 1 aliphatic heterocycles. The third kappa shape index (κ3) is 3.01. The van der Waals surface area contributed by atoms with Crippen molar-refractivity contribution in [3.8, 4) is 0 Å². The average molecular weight is 322 g/mol. The van der Waals surface area contributed by atoms with Crippen molar-refractivity contribution in [3.63, 3.8) is 0 Å². The first kappa shape index (κ1) is 12.7. The van der Waals surface area contributed by atoms with Crippen molar-refractivity contribution in [3.05, 3.63) is 40.6 Å². The molecular weight excluding hydrogens is 306 g/mol. The quantitative estimate of drug-likeness (QED) is 0.869. The van der Waals surface area contributed by atoms with Gasteiger partial charge in [0.05, 0.1) is 28.1 Å². The van der Waals surface area contributed by atoms with Gasteiger partial charge in [-0.05, 0) is 29.3 Å². The number of likely N-dealkylation sites (tertiary alicyclic amines) is 1. The summed E-state index contributed by atoms with van der Waals surface area (Å²) >= 11 is 3.44. The highest BCUT2D eigenvalue weighted by Gasteiger charge is 2.24. The highest BCUT2D eigenvalue weighted by atomic mass is 79.9. The molecule has 0 aliphatic carbocycles. The molecule has 1 aliphatic rings. The molecule has 0 radical (unpaired) electrons. The second-order valence-corrected chi connectivity index (χ2v) is 5.88. The molecule has 19 heavy (non-hydrogen) atoms. The van der Waals surface area contributed by atoms with Crippen LogP contribution in [0.2, 0.25) is 0 Å². The van der Waals surface area contributed by atoms with Crippen LogP contribution in [0.1, 0.15) is 23.9 Å². The van der Waals surface area contributed by atoms with Crippen molar-refractivity contribution in [1.82, 2.24) is 24.6 Å². The summed E-state index contributed by atoms with van der Waals surface area (Å²) in [7, 11) is 0. The van der Waals surface area contributed by atoms with E-state index in [-0.39, 0.29) is 0 Å². The zero-order valence-corrected chi connectivity index (χ0v) is 12.4. The fourth-order valence-corrected chi connectivity index (χ4v) is 2.81. The van der Waals surface area contributed by atoms with Crippen molar-refractivity contribution in [2.75, 3.05) is 13.1 Å². The second kappa shape index (κ2) is 5.38. The first-order valence-corrected chi connectivity index (χ1v) is 7.19. The van der Waals surface area contributed by atoms with Crippen molar-refractivity contribution in [2.45, 2.75) is 25.9 Å². The van der Waals surface area contributed by atoms with Gasteiger partial charge >= 0.3 is 0 Å². The summed E-state index contributed by atoms with van der Waals surface area (Å²) in [5.74, 6) is 0. The average Bonchev–Trinajstić information content (AvgIpc) is 2.98. The van der Waals surface area contributed by atoms with E-state index in [4.69, 9.17) is 0 Å². The first-order valence-electron chi connectivity index (χ1n) is 6.40. The zero-order valence-electron chi connectivity index (χ0n) is 10.8. The number of aryl methyl sites for hydroxylation is 1. The summed E-state index contributed by atoms with van der Waals surface area (Å²) < 4.78 is 3.09. The third-order valence-corrected chi connectivity index (χ3v) is 3.79. The van der Waals surface area contributed by atoms with Gasteiger partial charge in [-0.1, -0.05) is 0 Å². The predicted octanol–water partition coefficient (Wildman–Crippen LogP) is 2.19. The topological polar surface area (TPSA) is 46.8 Å². The molecule has 2 aromatic rings. The smallest absolute Gasteiger partial charge is 0.0730 e. The monoisotopic (exact) mass is 321 g/mol. The van der Waals surface area contributed by atoms with Gasteiger partial charge in [0.25, 0.3) is 0 Å². The van der Waals surface area contributed by atoms with E-state index < -0.39 is 0 Å². The molecule has 3 heterocycles. The van der Waals surface area contributed by atoms with E-state index in [1.54, 1.807) is 6.20 Å². The van der Waals surface area contributed by atoms with Crippen LogP contribution in [0.5, 0.6) is 0 Å². The van der Waals surface area contributed by atoms with E-state index in [2.05, 4.69) is 35.9 Å². The number of aromatic nitrogens is 4. The molecule has 0 amide bonds. The summed E-state index contributed by atoms with van der Waals surface area (Å²) in [6, 6.07) is 0.462. The Kier molecular flexibility index (Phi) is 3.61. The van der Waals surface area contributed by atoms with Crippen LogP contribution in [0.3, 0.4) is 0 Å². The molecule has 0 bridgehead atoms. The van der Waals surface area contributed by atoms with Crippen molar-refractivity contribution < 1.29 is 0 Å². The van der Waals surface area contributed by atoms with Crippen molar-refractivity contribution in [2.24, 2.45) is 0 Å². The summed E-state index contributed by atoms with van der Waals surface area (Å²) in [5.41, 5.74) is 2.02. The van der Waals surface area contributed by atoms with Crippen LogP contribution < -0.4 is 0 Å². The van der Waals surface area contributed by atoms with E-state index in [0.29, 0.717) is 6.04 Å². The van der Waals surface area contributed by atoms with Gasteiger partial charge in [-0.15, -0.1) is 0 Å². The third-order valence-electron chi connectivity index (χ3n) is 3.38. The van der Waals surface area contributed by atoms with Crippen LogP contribution in [0.4, 0.5) is 0 Å². The fourth-order valence-electron chi connectivity index (χ4n) is 2.51. The molecule has 0 N–H and O–H groups in total. The molecule has 3 rings (SSSR count). The van der Waals surface area contributed by atoms with Gasteiger partial charge in [-0.2, -0.15) is 5.10 Å². The lowest BCUT2D eigenvalue weighted by Crippen LogP contribution is -2.22. The van der Waals surface area contributed by atoms with Gasteiger partial charge in [-0.25, -0.2) is 0 Å². The summed E-state index contributed by atoms with van der Waals surface area (Å²) in [6.07, 6.45) is 8.66. The molecule has 1 saturated heterocycles. The number of hydrogen-bond donors (Lipinski definition) is 0. The highest BCUT2D eigenvalue weighted by Crippen LogP contribution is 2.23. The van der Waals surface area contributed by atoms with E-state index in [1.165, 1.54) is 0 Å². The van der Waals surface area contributed by atoms with Crippen molar-refractivity contribution in [1.29, 1.82) is 0 Å². The van der Waals surface area contributed by atoms with Gasteiger partial charge in [0.2, 0.25) is 0 Å². The summed E-state index contributed by atoms with van der Waals surface area (Å²) in [5, 5.41) is 4.37. The Balaban J connectivity index is 1.63. The van der Waals surface area contributed by atoms with E-state index in [1.807, 2.05) is 30.2 Å². The van der Waals surface area contributed by atoms with E-state index in [0.717, 1.165) is 41.9 Å². The number of hydrogen-bond acceptors (Lipinski definition) is 4. The standard InChI is InChI=1S/C13H16BrN5/c1-10-4-15-6-12(17-10)8-18-3-2-13(9-18)19-7-11(14)5-16-19/h4-7,13H,2-3,8-9H2,1H3. The Bertz CT molecular complexity index is 568. The van der Waals surface area contributed by atoms with E-state index >= 15 is 0 Å². The van der Waals surface area contributed by atoms with Crippen molar-refractivity contribution >= 4 is 15.9 Å². The molecule has 1 unspecified atom stereocenters. The molecule has 1 atom stereocenters. The van der Waals surface area contributed by atoms with Crippen LogP contribution in [0.25, 0.3) is 0 Å². The maximum absolute atomic E-state index is 4.50. The molecule has 0 spiro atoms. The van der Waals surface area contributed by atoms with Crippen LogP contribution in [0.15, 0.2) is 29.3 Å². The Hall–Kier alpha value is -1.27. The molecule has 6 heteroatoms. The Morgan fingerprint density at radius 2 is 2.26 bits per heavy atom. The molecule has 100 valence electrons. The lowest BCUT2D eigenvalue weighted by Gasteiger charge is -2.15. The lowest BCUT2D eigenvalue weighted by atomic mass is 10.3. The number of rotatable bonds is 3. The Labute approximate surface area is 120 Å². The van der Waals surface area contributed by atoms with Crippen LogP contribution in [-0.2, 0) is 6.54 Å². The first-order chi connectivity index (χ1) is 9.20. The maximum atomic E-state index is 4.50.